The molecule has 0 radical (unpaired) electrons. The largest absolute Gasteiger partial charge is 0.496 e. The first kappa shape index (κ1) is 16.8. The van der Waals surface area contributed by atoms with E-state index in [1.807, 2.05) is 38.1 Å². The van der Waals surface area contributed by atoms with Crippen LogP contribution in [0.4, 0.5) is 4.79 Å². The molecule has 1 rings (SSSR count). The second kappa shape index (κ2) is 8.14. The SMILES string of the molecule is COc1ccccc1CNC(=O)NC(CC(=O)O)C(C)C. The number of carboxylic acids is 1. The number of urea groups is 1. The summed E-state index contributed by atoms with van der Waals surface area (Å²) in [6.45, 7) is 4.05. The third-order valence-electron chi connectivity index (χ3n) is 3.15. The highest BCUT2D eigenvalue weighted by Crippen LogP contribution is 2.16. The maximum Gasteiger partial charge on any atom is 0.315 e. The minimum atomic E-state index is -0.932. The highest BCUT2D eigenvalue weighted by atomic mass is 16.5. The summed E-state index contributed by atoms with van der Waals surface area (Å²) >= 11 is 0. The van der Waals surface area contributed by atoms with Crippen molar-refractivity contribution in [3.63, 3.8) is 0 Å². The lowest BCUT2D eigenvalue weighted by molar-refractivity contribution is -0.137. The highest BCUT2D eigenvalue weighted by molar-refractivity contribution is 5.75. The third-order valence-corrected chi connectivity index (χ3v) is 3.15. The second-order valence-electron chi connectivity index (χ2n) is 5.09. The Hall–Kier alpha value is -2.24. The molecule has 0 spiro atoms. The molecule has 2 amide bonds. The Kier molecular flexibility index (Phi) is 6.52. The van der Waals surface area contributed by atoms with Crippen LogP contribution in [0.25, 0.3) is 0 Å². The van der Waals surface area contributed by atoms with E-state index in [0.29, 0.717) is 12.3 Å². The molecule has 0 fully saturated rings. The van der Waals surface area contributed by atoms with Crippen molar-refractivity contribution in [1.29, 1.82) is 0 Å². The summed E-state index contributed by atoms with van der Waals surface area (Å²) in [5.74, 6) is -0.194. The number of methoxy groups -OCH3 is 1. The zero-order valence-electron chi connectivity index (χ0n) is 12.6. The van der Waals surface area contributed by atoms with E-state index in [4.69, 9.17) is 9.84 Å². The number of nitrogens with one attached hydrogen (secondary N) is 2. The number of aliphatic carboxylic acids is 1. The first-order valence-electron chi connectivity index (χ1n) is 6.82. The van der Waals surface area contributed by atoms with Gasteiger partial charge in [0, 0.05) is 18.2 Å². The number of hydrogen-bond donors (Lipinski definition) is 3. The molecule has 0 aliphatic heterocycles. The van der Waals surface area contributed by atoms with Gasteiger partial charge in [-0.3, -0.25) is 4.79 Å². The molecule has 0 saturated carbocycles. The van der Waals surface area contributed by atoms with E-state index in [-0.39, 0.29) is 18.4 Å². The molecule has 1 aromatic rings. The van der Waals surface area contributed by atoms with Gasteiger partial charge in [0.1, 0.15) is 5.75 Å². The maximum absolute atomic E-state index is 11.9. The average molecular weight is 294 g/mol. The predicted molar refractivity (Wildman–Crippen MR) is 79.2 cm³/mol. The van der Waals surface area contributed by atoms with Gasteiger partial charge >= 0.3 is 12.0 Å². The molecular formula is C15H22N2O4. The first-order chi connectivity index (χ1) is 9.93. The lowest BCUT2D eigenvalue weighted by Crippen LogP contribution is -2.45. The van der Waals surface area contributed by atoms with Crippen LogP contribution < -0.4 is 15.4 Å². The quantitative estimate of drug-likeness (QED) is 0.717. The topological polar surface area (TPSA) is 87.7 Å². The van der Waals surface area contributed by atoms with Gasteiger partial charge in [0.15, 0.2) is 0 Å². The van der Waals surface area contributed by atoms with Crippen molar-refractivity contribution in [1.82, 2.24) is 10.6 Å². The Morgan fingerprint density at radius 1 is 1.29 bits per heavy atom. The molecule has 116 valence electrons. The molecule has 6 heteroatoms. The molecule has 0 bridgehead atoms. The summed E-state index contributed by atoms with van der Waals surface area (Å²) in [5.41, 5.74) is 0.856. The summed E-state index contributed by atoms with van der Waals surface area (Å²) in [4.78, 5) is 22.6. The van der Waals surface area contributed by atoms with Gasteiger partial charge in [0.05, 0.1) is 13.5 Å². The lowest BCUT2D eigenvalue weighted by Gasteiger charge is -2.21. The molecule has 0 aromatic heterocycles. The Labute approximate surface area is 124 Å². The molecule has 6 nitrogen and oxygen atoms in total. The number of carbonyl (C=O) groups is 2. The maximum atomic E-state index is 11.9. The van der Waals surface area contributed by atoms with Crippen LogP contribution in [0.5, 0.6) is 5.75 Å². The van der Waals surface area contributed by atoms with Crippen molar-refractivity contribution < 1.29 is 19.4 Å². The monoisotopic (exact) mass is 294 g/mol. The molecule has 0 heterocycles. The standard InChI is InChI=1S/C15H22N2O4/c1-10(2)12(8-14(18)19)17-15(20)16-9-11-6-4-5-7-13(11)21-3/h4-7,10,12H,8-9H2,1-3H3,(H,18,19)(H2,16,17,20). The molecule has 1 unspecified atom stereocenters. The number of rotatable bonds is 7. The van der Waals surface area contributed by atoms with E-state index in [9.17, 15) is 9.59 Å². The molecule has 0 aliphatic carbocycles. The average Bonchev–Trinajstić information content (AvgIpc) is 2.44. The van der Waals surface area contributed by atoms with Gasteiger partial charge in [0.25, 0.3) is 0 Å². The van der Waals surface area contributed by atoms with Crippen molar-refractivity contribution in [2.24, 2.45) is 5.92 Å². The van der Waals surface area contributed by atoms with Gasteiger partial charge in [0.2, 0.25) is 0 Å². The summed E-state index contributed by atoms with van der Waals surface area (Å²) in [6, 6.07) is 6.59. The van der Waals surface area contributed by atoms with Gasteiger partial charge in [-0.1, -0.05) is 32.0 Å². The number of hydrogen-bond acceptors (Lipinski definition) is 3. The zero-order valence-corrected chi connectivity index (χ0v) is 12.6. The summed E-state index contributed by atoms with van der Waals surface area (Å²) < 4.78 is 5.20. The van der Waals surface area contributed by atoms with Crippen LogP contribution in [0.2, 0.25) is 0 Å². The van der Waals surface area contributed by atoms with Crippen LogP contribution in [0, 0.1) is 5.92 Å². The van der Waals surface area contributed by atoms with Crippen LogP contribution in [0.3, 0.4) is 0 Å². The van der Waals surface area contributed by atoms with Crippen LogP contribution in [-0.2, 0) is 11.3 Å². The minimum Gasteiger partial charge on any atom is -0.496 e. The van der Waals surface area contributed by atoms with E-state index >= 15 is 0 Å². The Balaban J connectivity index is 2.54. The van der Waals surface area contributed by atoms with Gasteiger partial charge < -0.3 is 20.5 Å². The van der Waals surface area contributed by atoms with Gasteiger partial charge in [-0.2, -0.15) is 0 Å². The van der Waals surface area contributed by atoms with Crippen molar-refractivity contribution in [3.05, 3.63) is 29.8 Å². The fourth-order valence-corrected chi connectivity index (χ4v) is 1.89. The number of ether oxygens (including phenoxy) is 1. The Bertz CT molecular complexity index is 488. The fraction of sp³-hybridized carbons (Fsp3) is 0.467. The second-order valence-corrected chi connectivity index (χ2v) is 5.09. The first-order valence-corrected chi connectivity index (χ1v) is 6.82. The van der Waals surface area contributed by atoms with Gasteiger partial charge in [-0.05, 0) is 12.0 Å². The molecule has 21 heavy (non-hydrogen) atoms. The van der Waals surface area contributed by atoms with E-state index in [1.165, 1.54) is 0 Å². The summed E-state index contributed by atoms with van der Waals surface area (Å²) in [6.07, 6.45) is -0.0975. The van der Waals surface area contributed by atoms with E-state index in [0.717, 1.165) is 5.56 Å². The molecule has 0 saturated heterocycles. The smallest absolute Gasteiger partial charge is 0.315 e. The van der Waals surface area contributed by atoms with Gasteiger partial charge in [-0.15, -0.1) is 0 Å². The van der Waals surface area contributed by atoms with Crippen molar-refractivity contribution in [2.75, 3.05) is 7.11 Å². The highest BCUT2D eigenvalue weighted by Gasteiger charge is 2.19. The molecular weight excluding hydrogens is 272 g/mol. The Morgan fingerprint density at radius 2 is 1.95 bits per heavy atom. The number of amides is 2. The minimum absolute atomic E-state index is 0.0399. The van der Waals surface area contributed by atoms with Crippen molar-refractivity contribution in [3.8, 4) is 5.75 Å². The Morgan fingerprint density at radius 3 is 2.52 bits per heavy atom. The number of para-hydroxylation sites is 1. The van der Waals surface area contributed by atoms with Crippen molar-refractivity contribution >= 4 is 12.0 Å². The molecule has 3 N–H and O–H groups in total. The fourth-order valence-electron chi connectivity index (χ4n) is 1.89. The number of benzene rings is 1. The molecule has 0 aliphatic rings. The number of carboxylic acid groups (broad SMARTS) is 1. The third kappa shape index (κ3) is 5.72. The van der Waals surface area contributed by atoms with Crippen LogP contribution in [0.1, 0.15) is 25.8 Å². The summed E-state index contributed by atoms with van der Waals surface area (Å²) in [7, 11) is 1.57. The molecule has 1 atom stereocenters. The van der Waals surface area contributed by atoms with E-state index < -0.39 is 12.0 Å². The lowest BCUT2D eigenvalue weighted by atomic mass is 10.0. The van der Waals surface area contributed by atoms with Gasteiger partial charge in [-0.25, -0.2) is 4.79 Å². The zero-order chi connectivity index (χ0) is 15.8. The number of carbonyl (C=O) groups excluding carboxylic acids is 1. The summed E-state index contributed by atoms with van der Waals surface area (Å²) in [5, 5.41) is 14.2. The molecule has 1 aromatic carbocycles. The van der Waals surface area contributed by atoms with Crippen LogP contribution in [0.15, 0.2) is 24.3 Å². The predicted octanol–water partition coefficient (Wildman–Crippen LogP) is 1.99. The van der Waals surface area contributed by atoms with E-state index in [1.54, 1.807) is 7.11 Å². The van der Waals surface area contributed by atoms with Crippen molar-refractivity contribution in [2.45, 2.75) is 32.9 Å². The normalized spacial score (nSPS) is 11.8. The van der Waals surface area contributed by atoms with Crippen LogP contribution in [-0.4, -0.2) is 30.3 Å². The van der Waals surface area contributed by atoms with E-state index in [2.05, 4.69) is 10.6 Å². The van der Waals surface area contributed by atoms with Crippen LogP contribution >= 0.6 is 0 Å².